The van der Waals surface area contributed by atoms with Gasteiger partial charge in [0, 0.05) is 31.1 Å². The maximum absolute atomic E-state index is 12.6. The summed E-state index contributed by atoms with van der Waals surface area (Å²) in [6.45, 7) is 0.154. The first-order chi connectivity index (χ1) is 15.0. The zero-order valence-electron chi connectivity index (χ0n) is 16.7. The van der Waals surface area contributed by atoms with Gasteiger partial charge in [0.1, 0.15) is 24.2 Å². The fourth-order valence-electron chi connectivity index (χ4n) is 3.11. The van der Waals surface area contributed by atoms with Gasteiger partial charge in [-0.25, -0.2) is 0 Å². The summed E-state index contributed by atoms with van der Waals surface area (Å²) in [5.41, 5.74) is 0.963. The topological polar surface area (TPSA) is 91.2 Å². The largest absolute Gasteiger partial charge is 0.496 e. The van der Waals surface area contributed by atoms with Gasteiger partial charge in [0.2, 0.25) is 6.79 Å². The van der Waals surface area contributed by atoms with Gasteiger partial charge in [0.05, 0.1) is 23.4 Å². The summed E-state index contributed by atoms with van der Waals surface area (Å²) in [6, 6.07) is 12.1. The Hall–Kier alpha value is -3.36. The summed E-state index contributed by atoms with van der Waals surface area (Å²) >= 11 is 6.37. The normalized spacial score (nSPS) is 13.0. The molecule has 0 radical (unpaired) electrons. The Labute approximate surface area is 183 Å². The molecular formula is C22H21ClN2O6. The lowest BCUT2D eigenvalue weighted by molar-refractivity contribution is 0.0841. The number of aliphatic hydroxyl groups is 1. The molecule has 3 aromatic rings. The maximum Gasteiger partial charge on any atom is 0.255 e. The number of nitrogens with zero attached hydrogens (tertiary/aromatic N) is 1. The molecular weight excluding hydrogens is 424 g/mol. The van der Waals surface area contributed by atoms with Gasteiger partial charge in [0.25, 0.3) is 5.91 Å². The zero-order valence-corrected chi connectivity index (χ0v) is 17.5. The first kappa shape index (κ1) is 20.9. The Bertz CT molecular complexity index is 1070. The average Bonchev–Trinajstić information content (AvgIpc) is 3.47. The Kier molecular flexibility index (Phi) is 6.20. The SMILES string of the molecule is COc1cc(-n2cccc2)c(Cl)cc1C(=O)NCC(O)COc1ccc2c(c1)OCO2. The second-order valence-corrected chi connectivity index (χ2v) is 7.19. The fraction of sp³-hybridized carbons (Fsp3) is 0.227. The number of rotatable bonds is 8. The van der Waals surface area contributed by atoms with E-state index in [0.717, 1.165) is 0 Å². The first-order valence-electron chi connectivity index (χ1n) is 9.54. The van der Waals surface area contributed by atoms with E-state index in [2.05, 4.69) is 5.32 Å². The van der Waals surface area contributed by atoms with Crippen LogP contribution < -0.4 is 24.3 Å². The minimum atomic E-state index is -0.921. The summed E-state index contributed by atoms with van der Waals surface area (Å²) in [6.07, 6.45) is 2.77. The summed E-state index contributed by atoms with van der Waals surface area (Å²) in [7, 11) is 1.48. The molecule has 1 atom stereocenters. The smallest absolute Gasteiger partial charge is 0.255 e. The molecule has 2 heterocycles. The molecule has 4 rings (SSSR count). The number of benzene rings is 2. The number of hydrogen-bond donors (Lipinski definition) is 2. The predicted octanol–water partition coefficient (Wildman–Crippen LogP) is 3.04. The monoisotopic (exact) mass is 444 g/mol. The second kappa shape index (κ2) is 9.20. The van der Waals surface area contributed by atoms with Gasteiger partial charge in [-0.3, -0.25) is 4.79 Å². The molecule has 0 saturated heterocycles. The third-order valence-electron chi connectivity index (χ3n) is 4.68. The molecule has 1 unspecified atom stereocenters. The van der Waals surface area contributed by atoms with Crippen LogP contribution >= 0.6 is 11.6 Å². The first-order valence-corrected chi connectivity index (χ1v) is 9.92. The third-order valence-corrected chi connectivity index (χ3v) is 4.98. The molecule has 0 spiro atoms. The standard InChI is InChI=1S/C22H21ClN2O6/c1-28-20-10-18(25-6-2-3-7-25)17(23)9-16(20)22(27)24-11-14(26)12-29-15-4-5-19-21(8-15)31-13-30-19/h2-10,14,26H,11-13H2,1H3,(H,24,27). The van der Waals surface area contributed by atoms with E-state index in [1.165, 1.54) is 7.11 Å². The number of amides is 1. The number of hydrogen-bond acceptors (Lipinski definition) is 6. The number of methoxy groups -OCH3 is 1. The Balaban J connectivity index is 1.35. The molecule has 0 bridgehead atoms. The molecule has 1 aliphatic rings. The van der Waals surface area contributed by atoms with Crippen LogP contribution in [-0.4, -0.2) is 48.7 Å². The summed E-state index contributed by atoms with van der Waals surface area (Å²) in [5.74, 6) is 1.73. The molecule has 0 aliphatic carbocycles. The highest BCUT2D eigenvalue weighted by Crippen LogP contribution is 2.35. The van der Waals surface area contributed by atoms with Crippen LogP contribution in [0, 0.1) is 0 Å². The van der Waals surface area contributed by atoms with Crippen molar-refractivity contribution in [1.82, 2.24) is 9.88 Å². The van der Waals surface area contributed by atoms with Gasteiger partial charge in [-0.05, 0) is 30.3 Å². The molecule has 0 fully saturated rings. The van der Waals surface area contributed by atoms with Gasteiger partial charge in [0.15, 0.2) is 11.5 Å². The van der Waals surface area contributed by atoms with E-state index in [4.69, 9.17) is 30.5 Å². The average molecular weight is 445 g/mol. The molecule has 2 aromatic carbocycles. The highest BCUT2D eigenvalue weighted by molar-refractivity contribution is 6.33. The maximum atomic E-state index is 12.6. The Morgan fingerprint density at radius 2 is 2.00 bits per heavy atom. The van der Waals surface area contributed by atoms with Crippen molar-refractivity contribution in [2.24, 2.45) is 0 Å². The van der Waals surface area contributed by atoms with E-state index >= 15 is 0 Å². The lowest BCUT2D eigenvalue weighted by Gasteiger charge is -2.16. The number of ether oxygens (including phenoxy) is 4. The van der Waals surface area contributed by atoms with E-state index in [9.17, 15) is 9.90 Å². The molecule has 1 amide bonds. The summed E-state index contributed by atoms with van der Waals surface area (Å²) in [4.78, 5) is 12.6. The lowest BCUT2D eigenvalue weighted by Crippen LogP contribution is -2.35. The van der Waals surface area contributed by atoms with Crippen molar-refractivity contribution in [3.8, 4) is 28.7 Å². The van der Waals surface area contributed by atoms with Crippen molar-refractivity contribution in [2.75, 3.05) is 27.1 Å². The number of halogens is 1. The minimum Gasteiger partial charge on any atom is -0.496 e. The van der Waals surface area contributed by atoms with Crippen LogP contribution in [0.4, 0.5) is 0 Å². The fourth-order valence-corrected chi connectivity index (χ4v) is 3.37. The van der Waals surface area contributed by atoms with Crippen molar-refractivity contribution in [3.05, 3.63) is 65.4 Å². The third kappa shape index (κ3) is 4.70. The van der Waals surface area contributed by atoms with Crippen molar-refractivity contribution in [3.63, 3.8) is 0 Å². The summed E-state index contributed by atoms with van der Waals surface area (Å²) < 4.78 is 23.3. The second-order valence-electron chi connectivity index (χ2n) is 6.78. The van der Waals surface area contributed by atoms with Crippen molar-refractivity contribution >= 4 is 17.5 Å². The van der Waals surface area contributed by atoms with Gasteiger partial charge in [-0.1, -0.05) is 11.6 Å². The number of aromatic nitrogens is 1. The molecule has 2 N–H and O–H groups in total. The van der Waals surface area contributed by atoms with Crippen LogP contribution in [0.5, 0.6) is 23.0 Å². The minimum absolute atomic E-state index is 0.00954. The number of carbonyl (C=O) groups excluding carboxylic acids is 1. The van der Waals surface area contributed by atoms with Crippen LogP contribution in [0.1, 0.15) is 10.4 Å². The van der Waals surface area contributed by atoms with Crippen LogP contribution in [0.25, 0.3) is 5.69 Å². The van der Waals surface area contributed by atoms with Crippen LogP contribution in [0.2, 0.25) is 5.02 Å². The van der Waals surface area contributed by atoms with Crippen LogP contribution in [0.15, 0.2) is 54.9 Å². The number of fused-ring (bicyclic) bond motifs is 1. The van der Waals surface area contributed by atoms with E-state index in [0.29, 0.717) is 33.7 Å². The van der Waals surface area contributed by atoms with E-state index < -0.39 is 12.0 Å². The molecule has 8 nitrogen and oxygen atoms in total. The number of nitrogens with one attached hydrogen (secondary N) is 1. The predicted molar refractivity (Wildman–Crippen MR) is 114 cm³/mol. The molecule has 0 saturated carbocycles. The molecule has 162 valence electrons. The highest BCUT2D eigenvalue weighted by atomic mass is 35.5. The molecule has 1 aliphatic heterocycles. The van der Waals surface area contributed by atoms with Gasteiger partial charge < -0.3 is 33.9 Å². The molecule has 1 aromatic heterocycles. The number of aliphatic hydroxyl groups excluding tert-OH is 1. The Morgan fingerprint density at radius 1 is 1.23 bits per heavy atom. The van der Waals surface area contributed by atoms with Crippen molar-refractivity contribution in [2.45, 2.75) is 6.10 Å². The van der Waals surface area contributed by atoms with E-state index in [1.807, 2.05) is 29.1 Å². The van der Waals surface area contributed by atoms with Crippen LogP contribution in [0.3, 0.4) is 0 Å². The van der Waals surface area contributed by atoms with Gasteiger partial charge in [-0.15, -0.1) is 0 Å². The van der Waals surface area contributed by atoms with Gasteiger partial charge >= 0.3 is 0 Å². The quantitative estimate of drug-likeness (QED) is 0.555. The van der Waals surface area contributed by atoms with E-state index in [1.54, 1.807) is 30.3 Å². The van der Waals surface area contributed by atoms with Crippen molar-refractivity contribution in [1.29, 1.82) is 0 Å². The van der Waals surface area contributed by atoms with Gasteiger partial charge in [-0.2, -0.15) is 0 Å². The highest BCUT2D eigenvalue weighted by Gasteiger charge is 2.18. The lowest BCUT2D eigenvalue weighted by atomic mass is 10.1. The Morgan fingerprint density at radius 3 is 2.77 bits per heavy atom. The summed E-state index contributed by atoms with van der Waals surface area (Å²) in [5, 5.41) is 13.3. The van der Waals surface area contributed by atoms with Crippen LogP contribution in [-0.2, 0) is 0 Å². The number of carbonyl (C=O) groups is 1. The van der Waals surface area contributed by atoms with E-state index in [-0.39, 0.29) is 25.5 Å². The van der Waals surface area contributed by atoms with Crippen molar-refractivity contribution < 1.29 is 28.8 Å². The molecule has 31 heavy (non-hydrogen) atoms. The zero-order chi connectivity index (χ0) is 21.8. The molecule has 9 heteroatoms.